The van der Waals surface area contributed by atoms with Gasteiger partial charge in [0.05, 0.1) is 5.75 Å². The summed E-state index contributed by atoms with van der Waals surface area (Å²) in [6.07, 6.45) is 3.22. The molecule has 0 aliphatic rings. The Labute approximate surface area is 168 Å². The highest BCUT2D eigenvalue weighted by atomic mass is 32.2. The molecule has 2 aromatic carbocycles. The SMILES string of the molecule is CCCCCNC(=O)CSc1nnc(-c2ccc(F)cc2)n1-c1ccccc1. The maximum atomic E-state index is 13.3. The van der Waals surface area contributed by atoms with E-state index in [0.717, 1.165) is 30.5 Å². The molecule has 0 fully saturated rings. The molecule has 0 atom stereocenters. The second-order valence-electron chi connectivity index (χ2n) is 6.33. The number of benzene rings is 2. The lowest BCUT2D eigenvalue weighted by atomic mass is 10.2. The first-order chi connectivity index (χ1) is 13.7. The maximum Gasteiger partial charge on any atom is 0.230 e. The monoisotopic (exact) mass is 398 g/mol. The van der Waals surface area contributed by atoms with Gasteiger partial charge in [-0.2, -0.15) is 0 Å². The number of hydrogen-bond donors (Lipinski definition) is 1. The zero-order chi connectivity index (χ0) is 19.8. The van der Waals surface area contributed by atoms with Crippen LogP contribution in [-0.2, 0) is 4.79 Å². The number of thioether (sulfide) groups is 1. The lowest BCUT2D eigenvalue weighted by molar-refractivity contribution is -0.118. The smallest absolute Gasteiger partial charge is 0.230 e. The molecule has 3 aromatic rings. The normalized spacial score (nSPS) is 10.8. The molecule has 0 saturated heterocycles. The molecule has 1 aromatic heterocycles. The van der Waals surface area contributed by atoms with Crippen molar-refractivity contribution in [2.45, 2.75) is 31.3 Å². The van der Waals surface area contributed by atoms with Crippen LogP contribution in [0.2, 0.25) is 0 Å². The third-order valence-corrected chi connectivity index (χ3v) is 5.11. The topological polar surface area (TPSA) is 59.8 Å². The van der Waals surface area contributed by atoms with E-state index in [4.69, 9.17) is 0 Å². The Kier molecular flexibility index (Phi) is 7.19. The van der Waals surface area contributed by atoms with Crippen molar-refractivity contribution in [2.24, 2.45) is 0 Å². The van der Waals surface area contributed by atoms with E-state index in [-0.39, 0.29) is 17.5 Å². The Balaban J connectivity index is 1.79. The van der Waals surface area contributed by atoms with Crippen molar-refractivity contribution in [3.8, 4) is 17.1 Å². The highest BCUT2D eigenvalue weighted by Gasteiger charge is 2.17. The van der Waals surface area contributed by atoms with E-state index in [1.165, 1.54) is 23.9 Å². The Morgan fingerprint density at radius 2 is 1.82 bits per heavy atom. The van der Waals surface area contributed by atoms with E-state index in [2.05, 4.69) is 22.4 Å². The van der Waals surface area contributed by atoms with Crippen LogP contribution in [0.25, 0.3) is 17.1 Å². The lowest BCUT2D eigenvalue weighted by Gasteiger charge is -2.10. The zero-order valence-corrected chi connectivity index (χ0v) is 16.6. The summed E-state index contributed by atoms with van der Waals surface area (Å²) in [4.78, 5) is 12.1. The van der Waals surface area contributed by atoms with Crippen LogP contribution in [0.1, 0.15) is 26.2 Å². The summed E-state index contributed by atoms with van der Waals surface area (Å²) in [5, 5.41) is 12.1. The van der Waals surface area contributed by atoms with Crippen molar-refractivity contribution < 1.29 is 9.18 Å². The first kappa shape index (κ1) is 20.1. The number of halogens is 1. The molecule has 28 heavy (non-hydrogen) atoms. The number of carbonyl (C=O) groups is 1. The molecular formula is C21H23FN4OS. The number of amides is 1. The van der Waals surface area contributed by atoms with E-state index in [1.54, 1.807) is 12.1 Å². The fraction of sp³-hybridized carbons (Fsp3) is 0.286. The Morgan fingerprint density at radius 1 is 1.07 bits per heavy atom. The predicted molar refractivity (Wildman–Crippen MR) is 110 cm³/mol. The van der Waals surface area contributed by atoms with Gasteiger partial charge in [-0.1, -0.05) is 49.7 Å². The minimum absolute atomic E-state index is 0.0213. The van der Waals surface area contributed by atoms with Crippen molar-refractivity contribution in [1.29, 1.82) is 0 Å². The van der Waals surface area contributed by atoms with Crippen LogP contribution in [0.3, 0.4) is 0 Å². The third-order valence-electron chi connectivity index (χ3n) is 4.19. The van der Waals surface area contributed by atoms with Gasteiger partial charge in [-0.05, 0) is 42.8 Å². The molecule has 0 radical (unpaired) electrons. The number of nitrogens with one attached hydrogen (secondary N) is 1. The van der Waals surface area contributed by atoms with Crippen molar-refractivity contribution in [3.63, 3.8) is 0 Å². The van der Waals surface area contributed by atoms with Gasteiger partial charge < -0.3 is 5.32 Å². The number of nitrogens with zero attached hydrogens (tertiary/aromatic N) is 3. The van der Waals surface area contributed by atoms with E-state index in [0.29, 0.717) is 17.5 Å². The molecule has 1 amide bonds. The van der Waals surface area contributed by atoms with Crippen LogP contribution in [0.15, 0.2) is 59.8 Å². The van der Waals surface area contributed by atoms with Crippen molar-refractivity contribution in [2.75, 3.05) is 12.3 Å². The summed E-state index contributed by atoms with van der Waals surface area (Å²) in [6, 6.07) is 15.8. The van der Waals surface area contributed by atoms with Crippen LogP contribution < -0.4 is 5.32 Å². The Bertz CT molecular complexity index is 897. The third kappa shape index (κ3) is 5.19. The molecule has 0 spiro atoms. The summed E-state index contributed by atoms with van der Waals surface area (Å²) in [5.41, 5.74) is 1.64. The summed E-state index contributed by atoms with van der Waals surface area (Å²) in [5.74, 6) is 0.550. The molecule has 0 aliphatic heterocycles. The molecule has 3 rings (SSSR count). The fourth-order valence-corrected chi connectivity index (χ4v) is 3.52. The van der Waals surface area contributed by atoms with Gasteiger partial charge in [0.25, 0.3) is 0 Å². The van der Waals surface area contributed by atoms with Crippen molar-refractivity contribution >= 4 is 17.7 Å². The molecule has 7 heteroatoms. The lowest BCUT2D eigenvalue weighted by Crippen LogP contribution is -2.26. The molecule has 0 aliphatic carbocycles. The number of rotatable bonds is 9. The van der Waals surface area contributed by atoms with Gasteiger partial charge in [-0.25, -0.2) is 4.39 Å². The average Bonchev–Trinajstić information content (AvgIpc) is 3.15. The molecular weight excluding hydrogens is 375 g/mol. The predicted octanol–water partition coefficient (Wildman–Crippen LogP) is 4.47. The van der Waals surface area contributed by atoms with Gasteiger partial charge in [0, 0.05) is 17.8 Å². The summed E-state index contributed by atoms with van der Waals surface area (Å²) in [6.45, 7) is 2.83. The van der Waals surface area contributed by atoms with Gasteiger partial charge in [-0.3, -0.25) is 9.36 Å². The molecule has 1 heterocycles. The molecule has 0 saturated carbocycles. The highest BCUT2D eigenvalue weighted by Crippen LogP contribution is 2.27. The fourth-order valence-electron chi connectivity index (χ4n) is 2.74. The first-order valence-corrected chi connectivity index (χ1v) is 10.3. The maximum absolute atomic E-state index is 13.3. The second kappa shape index (κ2) is 10.0. The molecule has 0 unspecified atom stereocenters. The first-order valence-electron chi connectivity index (χ1n) is 9.35. The quantitative estimate of drug-likeness (QED) is 0.427. The molecule has 0 bridgehead atoms. The van der Waals surface area contributed by atoms with Crippen LogP contribution in [-0.4, -0.2) is 33.0 Å². The number of para-hydroxylation sites is 1. The van der Waals surface area contributed by atoms with E-state index >= 15 is 0 Å². The number of unbranched alkanes of at least 4 members (excludes halogenated alkanes) is 2. The highest BCUT2D eigenvalue weighted by molar-refractivity contribution is 7.99. The Morgan fingerprint density at radius 3 is 2.54 bits per heavy atom. The number of carbonyl (C=O) groups excluding carboxylic acids is 1. The van der Waals surface area contributed by atoms with E-state index in [9.17, 15) is 9.18 Å². The largest absolute Gasteiger partial charge is 0.355 e. The van der Waals surface area contributed by atoms with E-state index < -0.39 is 0 Å². The Hall–Kier alpha value is -2.67. The molecule has 1 N–H and O–H groups in total. The van der Waals surface area contributed by atoms with Gasteiger partial charge in [-0.15, -0.1) is 10.2 Å². The van der Waals surface area contributed by atoms with Gasteiger partial charge in [0.15, 0.2) is 11.0 Å². The standard InChI is InChI=1S/C21H23FN4OS/c1-2-3-7-14-23-19(27)15-28-21-25-24-20(16-10-12-17(22)13-11-16)26(21)18-8-5-4-6-9-18/h4-6,8-13H,2-3,7,14-15H2,1H3,(H,23,27). The van der Waals surface area contributed by atoms with Crippen molar-refractivity contribution in [3.05, 3.63) is 60.4 Å². The van der Waals surface area contributed by atoms with Crippen molar-refractivity contribution in [1.82, 2.24) is 20.1 Å². The molecule has 146 valence electrons. The zero-order valence-electron chi connectivity index (χ0n) is 15.8. The van der Waals surface area contributed by atoms with Crippen LogP contribution in [0.5, 0.6) is 0 Å². The van der Waals surface area contributed by atoms with Crippen LogP contribution in [0, 0.1) is 5.82 Å². The second-order valence-corrected chi connectivity index (χ2v) is 7.27. The van der Waals surface area contributed by atoms with Crippen LogP contribution >= 0.6 is 11.8 Å². The number of aromatic nitrogens is 3. The van der Waals surface area contributed by atoms with Crippen LogP contribution in [0.4, 0.5) is 4.39 Å². The van der Waals surface area contributed by atoms with Gasteiger partial charge in [0.2, 0.25) is 5.91 Å². The summed E-state index contributed by atoms with van der Waals surface area (Å²) in [7, 11) is 0. The van der Waals surface area contributed by atoms with Gasteiger partial charge in [0.1, 0.15) is 5.82 Å². The summed E-state index contributed by atoms with van der Waals surface area (Å²) >= 11 is 1.34. The van der Waals surface area contributed by atoms with E-state index in [1.807, 2.05) is 34.9 Å². The molecule has 5 nitrogen and oxygen atoms in total. The minimum atomic E-state index is -0.302. The van der Waals surface area contributed by atoms with Gasteiger partial charge >= 0.3 is 0 Å². The minimum Gasteiger partial charge on any atom is -0.355 e. The average molecular weight is 399 g/mol. The number of hydrogen-bond acceptors (Lipinski definition) is 4. The summed E-state index contributed by atoms with van der Waals surface area (Å²) < 4.78 is 15.2.